The van der Waals surface area contributed by atoms with Crippen LogP contribution in [-0.4, -0.2) is 57.7 Å². The van der Waals surface area contributed by atoms with Gasteiger partial charge in [0.05, 0.1) is 5.69 Å². The highest BCUT2D eigenvalue weighted by Crippen LogP contribution is 2.35. The number of hydrogen-bond donors (Lipinski definition) is 0. The van der Waals surface area contributed by atoms with E-state index in [1.54, 1.807) is 10.9 Å². The molecule has 3 aromatic rings. The van der Waals surface area contributed by atoms with Crippen molar-refractivity contribution in [2.75, 3.05) is 32.1 Å². The van der Waals surface area contributed by atoms with E-state index >= 15 is 0 Å². The summed E-state index contributed by atoms with van der Waals surface area (Å²) in [5, 5.41) is 4.18. The fraction of sp³-hybridized carbons (Fsp3) is 0.462. The molecular weight excluding hydrogens is 412 g/mol. The molecular formula is C26H34N6O. The van der Waals surface area contributed by atoms with Gasteiger partial charge >= 0.3 is 0 Å². The smallest absolute Gasteiger partial charge is 0.244 e. The average molecular weight is 447 g/mol. The predicted molar refractivity (Wildman–Crippen MR) is 131 cm³/mol. The van der Waals surface area contributed by atoms with Gasteiger partial charge in [-0.1, -0.05) is 45.0 Å². The Bertz CT molecular complexity index is 1080. The molecule has 2 aromatic heterocycles. The molecule has 0 N–H and O–H groups in total. The van der Waals surface area contributed by atoms with Crippen molar-refractivity contribution < 1.29 is 4.79 Å². The van der Waals surface area contributed by atoms with Gasteiger partial charge in [-0.3, -0.25) is 9.48 Å². The Hall–Kier alpha value is -3.22. The van der Waals surface area contributed by atoms with Crippen molar-refractivity contribution in [3.8, 4) is 11.1 Å². The number of anilines is 1. The topological polar surface area (TPSA) is 67.2 Å². The quantitative estimate of drug-likeness (QED) is 0.590. The molecule has 4 rings (SSSR count). The number of piperidine rings is 1. The van der Waals surface area contributed by atoms with Crippen LogP contribution in [0.5, 0.6) is 0 Å². The van der Waals surface area contributed by atoms with E-state index in [0.29, 0.717) is 12.5 Å². The fourth-order valence-electron chi connectivity index (χ4n) is 4.34. The SMILES string of the molecule is CN(C)c1ncc(-c2ccc(C(C)(C)C)cc2)c([C@@H]2CCCN(C(=O)Cn3cccn3)C2)n1. The van der Waals surface area contributed by atoms with E-state index in [4.69, 9.17) is 4.98 Å². The van der Waals surface area contributed by atoms with Crippen LogP contribution in [0.15, 0.2) is 48.9 Å². The Morgan fingerprint density at radius 2 is 1.94 bits per heavy atom. The summed E-state index contributed by atoms with van der Waals surface area (Å²) in [4.78, 5) is 26.4. The summed E-state index contributed by atoms with van der Waals surface area (Å²) in [6.45, 7) is 8.38. The van der Waals surface area contributed by atoms with Crippen LogP contribution in [0.2, 0.25) is 0 Å². The summed E-state index contributed by atoms with van der Waals surface area (Å²) in [5.74, 6) is 0.959. The minimum Gasteiger partial charge on any atom is -0.347 e. The Kier molecular flexibility index (Phi) is 6.49. The number of carbonyl (C=O) groups is 1. The second kappa shape index (κ2) is 9.33. The monoisotopic (exact) mass is 446 g/mol. The molecule has 1 fully saturated rings. The van der Waals surface area contributed by atoms with Gasteiger partial charge in [-0.15, -0.1) is 0 Å². The molecule has 1 aliphatic heterocycles. The molecule has 0 spiro atoms. The summed E-state index contributed by atoms with van der Waals surface area (Å²) in [7, 11) is 3.91. The number of rotatable bonds is 5. The number of benzene rings is 1. The minimum atomic E-state index is 0.0985. The van der Waals surface area contributed by atoms with E-state index in [-0.39, 0.29) is 23.8 Å². The number of aromatic nitrogens is 4. The zero-order chi connectivity index (χ0) is 23.6. The minimum absolute atomic E-state index is 0.0985. The van der Waals surface area contributed by atoms with Gasteiger partial charge in [0.25, 0.3) is 0 Å². The van der Waals surface area contributed by atoms with Crippen molar-refractivity contribution in [1.82, 2.24) is 24.6 Å². The molecule has 0 saturated carbocycles. The molecule has 33 heavy (non-hydrogen) atoms. The Labute approximate surface area is 196 Å². The molecule has 0 aliphatic carbocycles. The first kappa shape index (κ1) is 23.0. The third-order valence-corrected chi connectivity index (χ3v) is 6.28. The average Bonchev–Trinajstić information content (AvgIpc) is 3.31. The van der Waals surface area contributed by atoms with Crippen molar-refractivity contribution >= 4 is 11.9 Å². The van der Waals surface area contributed by atoms with Crippen molar-refractivity contribution in [2.45, 2.75) is 51.5 Å². The summed E-state index contributed by atoms with van der Waals surface area (Å²) in [6, 6.07) is 10.6. The first-order valence-corrected chi connectivity index (χ1v) is 11.6. The first-order valence-electron chi connectivity index (χ1n) is 11.6. The molecule has 1 aromatic carbocycles. The lowest BCUT2D eigenvalue weighted by molar-refractivity contribution is -0.133. The van der Waals surface area contributed by atoms with E-state index in [1.807, 2.05) is 42.4 Å². The number of likely N-dealkylation sites (tertiary alicyclic amines) is 1. The second-order valence-corrected chi connectivity index (χ2v) is 10.1. The van der Waals surface area contributed by atoms with Gasteiger partial charge < -0.3 is 9.80 Å². The third-order valence-electron chi connectivity index (χ3n) is 6.28. The Morgan fingerprint density at radius 1 is 1.18 bits per heavy atom. The molecule has 1 amide bonds. The van der Waals surface area contributed by atoms with E-state index in [1.165, 1.54) is 5.56 Å². The zero-order valence-electron chi connectivity index (χ0n) is 20.3. The van der Waals surface area contributed by atoms with Crippen LogP contribution in [0, 0.1) is 0 Å². The largest absolute Gasteiger partial charge is 0.347 e. The van der Waals surface area contributed by atoms with Crippen LogP contribution in [-0.2, 0) is 16.8 Å². The zero-order valence-corrected chi connectivity index (χ0v) is 20.3. The molecule has 174 valence electrons. The number of hydrogen-bond acceptors (Lipinski definition) is 5. The van der Waals surface area contributed by atoms with Crippen LogP contribution in [0.4, 0.5) is 5.95 Å². The molecule has 0 bridgehead atoms. The maximum Gasteiger partial charge on any atom is 0.244 e. The molecule has 7 nitrogen and oxygen atoms in total. The van der Waals surface area contributed by atoms with E-state index in [2.05, 4.69) is 55.1 Å². The number of carbonyl (C=O) groups excluding carboxylic acids is 1. The van der Waals surface area contributed by atoms with Crippen LogP contribution in [0.1, 0.15) is 50.8 Å². The lowest BCUT2D eigenvalue weighted by atomic mass is 9.85. The van der Waals surface area contributed by atoms with Gasteiger partial charge in [-0.05, 0) is 35.4 Å². The maximum atomic E-state index is 12.9. The molecule has 3 heterocycles. The van der Waals surface area contributed by atoms with Crippen molar-refractivity contribution in [3.05, 3.63) is 60.2 Å². The summed E-state index contributed by atoms with van der Waals surface area (Å²) in [5.41, 5.74) is 4.59. The molecule has 1 saturated heterocycles. The summed E-state index contributed by atoms with van der Waals surface area (Å²) >= 11 is 0. The lowest BCUT2D eigenvalue weighted by Gasteiger charge is -2.33. The highest BCUT2D eigenvalue weighted by Gasteiger charge is 2.28. The summed E-state index contributed by atoms with van der Waals surface area (Å²) in [6.07, 6.45) is 7.43. The van der Waals surface area contributed by atoms with Gasteiger partial charge in [-0.2, -0.15) is 5.10 Å². The highest BCUT2D eigenvalue weighted by molar-refractivity contribution is 5.76. The molecule has 1 atom stereocenters. The first-order chi connectivity index (χ1) is 15.7. The maximum absolute atomic E-state index is 12.9. The molecule has 0 radical (unpaired) electrons. The Balaban J connectivity index is 1.63. The van der Waals surface area contributed by atoms with E-state index in [9.17, 15) is 4.79 Å². The number of nitrogens with zero attached hydrogens (tertiary/aromatic N) is 6. The van der Waals surface area contributed by atoms with Crippen molar-refractivity contribution in [3.63, 3.8) is 0 Å². The molecule has 1 aliphatic rings. The van der Waals surface area contributed by atoms with Crippen LogP contribution in [0.25, 0.3) is 11.1 Å². The third kappa shape index (κ3) is 5.24. The van der Waals surface area contributed by atoms with Gasteiger partial charge in [0.1, 0.15) is 6.54 Å². The van der Waals surface area contributed by atoms with Crippen molar-refractivity contribution in [1.29, 1.82) is 0 Å². The van der Waals surface area contributed by atoms with Gasteiger partial charge in [0.15, 0.2) is 0 Å². The van der Waals surface area contributed by atoms with E-state index in [0.717, 1.165) is 36.2 Å². The lowest BCUT2D eigenvalue weighted by Crippen LogP contribution is -2.41. The second-order valence-electron chi connectivity index (χ2n) is 10.1. The van der Waals surface area contributed by atoms with Gasteiger partial charge in [0.2, 0.25) is 11.9 Å². The Morgan fingerprint density at radius 3 is 2.58 bits per heavy atom. The van der Waals surface area contributed by atoms with Gasteiger partial charge in [-0.25, -0.2) is 9.97 Å². The van der Waals surface area contributed by atoms with Crippen molar-refractivity contribution in [2.24, 2.45) is 0 Å². The predicted octanol–water partition coefficient (Wildman–Crippen LogP) is 4.11. The van der Waals surface area contributed by atoms with Crippen LogP contribution < -0.4 is 4.90 Å². The fourth-order valence-corrected chi connectivity index (χ4v) is 4.34. The molecule has 7 heteroatoms. The van der Waals surface area contributed by atoms with Gasteiger partial charge in [0, 0.05) is 57.3 Å². The standard InChI is InChI=1S/C26H34N6O/c1-26(2,3)21-11-9-19(10-12-21)22-16-27-25(30(4)5)29-24(22)20-8-6-14-31(17-20)23(33)18-32-15-7-13-28-32/h7,9-13,15-16,20H,6,8,14,17-18H2,1-5H3/t20-/m1/s1. The molecule has 0 unspecified atom stereocenters. The van der Waals surface area contributed by atoms with Crippen LogP contribution in [0.3, 0.4) is 0 Å². The summed E-state index contributed by atoms with van der Waals surface area (Å²) < 4.78 is 1.68. The highest BCUT2D eigenvalue weighted by atomic mass is 16.2. The van der Waals surface area contributed by atoms with E-state index < -0.39 is 0 Å². The number of amides is 1. The van der Waals surface area contributed by atoms with Crippen LogP contribution >= 0.6 is 0 Å². The normalized spacial score (nSPS) is 16.6.